The summed E-state index contributed by atoms with van der Waals surface area (Å²) in [6.45, 7) is 4.48. The minimum atomic E-state index is -1.02. The summed E-state index contributed by atoms with van der Waals surface area (Å²) in [5.74, 6) is 0. The molecule has 2 aromatic rings. The molecule has 0 fully saturated rings. The number of hydrogen-bond acceptors (Lipinski definition) is 3. The molecule has 6 heteroatoms. The molecule has 0 aliphatic heterocycles. The highest BCUT2D eigenvalue weighted by molar-refractivity contribution is 7.84. The molecular formula is C19H25N3O2S. The van der Waals surface area contributed by atoms with Crippen LogP contribution in [0.2, 0.25) is 0 Å². The molecule has 0 saturated carbocycles. The second-order valence-electron chi connectivity index (χ2n) is 5.94. The standard InChI is InChI=1S/C19H25N3O2S/c1-4-22(2)14-16-7-5-6-15(12-16)13-20-19(23)21-17-8-10-18(11-9-17)25(3)24/h5-12H,4,13-14H2,1-3H3,(H2,20,21,23)/t25-/m1/s1. The SMILES string of the molecule is CCN(C)Cc1cccc(CNC(=O)Nc2ccc([S@@](C)=O)cc2)c1. The van der Waals surface area contributed by atoms with Crippen LogP contribution in [0.3, 0.4) is 0 Å². The monoisotopic (exact) mass is 359 g/mol. The quantitative estimate of drug-likeness (QED) is 0.798. The first-order chi connectivity index (χ1) is 12.0. The number of anilines is 1. The summed E-state index contributed by atoms with van der Waals surface area (Å²) in [6.07, 6.45) is 1.63. The van der Waals surface area contributed by atoms with Crippen molar-refractivity contribution in [3.8, 4) is 0 Å². The van der Waals surface area contributed by atoms with Gasteiger partial charge in [-0.3, -0.25) is 4.21 Å². The Morgan fingerprint density at radius 1 is 1.12 bits per heavy atom. The number of nitrogens with one attached hydrogen (secondary N) is 2. The number of rotatable bonds is 7. The topological polar surface area (TPSA) is 61.4 Å². The van der Waals surface area contributed by atoms with Crippen molar-refractivity contribution >= 4 is 22.5 Å². The third-order valence-electron chi connectivity index (χ3n) is 3.88. The highest BCUT2D eigenvalue weighted by Gasteiger charge is 2.04. The molecule has 0 aliphatic rings. The summed E-state index contributed by atoms with van der Waals surface area (Å²) in [5, 5.41) is 5.63. The van der Waals surface area contributed by atoms with Gasteiger partial charge in [-0.15, -0.1) is 0 Å². The lowest BCUT2D eigenvalue weighted by Crippen LogP contribution is -2.28. The maximum atomic E-state index is 12.0. The Kier molecular flexibility index (Phi) is 7.16. The Morgan fingerprint density at radius 3 is 2.44 bits per heavy atom. The Hall–Kier alpha value is -2.18. The summed E-state index contributed by atoms with van der Waals surface area (Å²) in [7, 11) is 1.06. The zero-order valence-electron chi connectivity index (χ0n) is 14.9. The van der Waals surface area contributed by atoms with Crippen molar-refractivity contribution < 1.29 is 9.00 Å². The fourth-order valence-corrected chi connectivity index (χ4v) is 2.87. The minimum Gasteiger partial charge on any atom is -0.334 e. The molecular weight excluding hydrogens is 334 g/mol. The number of benzene rings is 2. The van der Waals surface area contributed by atoms with Gasteiger partial charge >= 0.3 is 6.03 Å². The van der Waals surface area contributed by atoms with Gasteiger partial charge in [0.05, 0.1) is 0 Å². The molecule has 0 aliphatic carbocycles. The van der Waals surface area contributed by atoms with E-state index in [9.17, 15) is 9.00 Å². The lowest BCUT2D eigenvalue weighted by molar-refractivity contribution is 0.251. The van der Waals surface area contributed by atoms with Gasteiger partial charge in [0.25, 0.3) is 0 Å². The van der Waals surface area contributed by atoms with E-state index in [-0.39, 0.29) is 6.03 Å². The van der Waals surface area contributed by atoms with E-state index in [1.54, 1.807) is 30.5 Å². The van der Waals surface area contributed by atoms with Crippen LogP contribution in [0, 0.1) is 0 Å². The maximum Gasteiger partial charge on any atom is 0.319 e. The lowest BCUT2D eigenvalue weighted by Gasteiger charge is -2.14. The Labute approximate surface area is 151 Å². The number of carbonyl (C=O) groups excluding carboxylic acids is 1. The van der Waals surface area contributed by atoms with Crippen molar-refractivity contribution in [2.24, 2.45) is 0 Å². The predicted molar refractivity (Wildman–Crippen MR) is 103 cm³/mol. The lowest BCUT2D eigenvalue weighted by atomic mass is 10.1. The average Bonchev–Trinajstić information content (AvgIpc) is 2.60. The average molecular weight is 359 g/mol. The van der Waals surface area contributed by atoms with Crippen molar-refractivity contribution in [2.75, 3.05) is 25.2 Å². The second-order valence-corrected chi connectivity index (χ2v) is 7.32. The van der Waals surface area contributed by atoms with E-state index in [4.69, 9.17) is 0 Å². The van der Waals surface area contributed by atoms with E-state index in [0.717, 1.165) is 23.5 Å². The molecule has 0 heterocycles. The predicted octanol–water partition coefficient (Wildman–Crippen LogP) is 3.20. The fraction of sp³-hybridized carbons (Fsp3) is 0.316. The number of urea groups is 1. The van der Waals surface area contributed by atoms with Gasteiger partial charge in [0, 0.05) is 40.7 Å². The van der Waals surface area contributed by atoms with Gasteiger partial charge in [0.15, 0.2) is 0 Å². The van der Waals surface area contributed by atoms with Gasteiger partial charge in [0.1, 0.15) is 0 Å². The maximum absolute atomic E-state index is 12.0. The van der Waals surface area contributed by atoms with Gasteiger partial charge in [-0.05, 0) is 49.0 Å². The summed E-state index contributed by atoms with van der Waals surface area (Å²) < 4.78 is 11.4. The molecule has 0 saturated heterocycles. The molecule has 0 aromatic heterocycles. The number of nitrogens with zero attached hydrogens (tertiary/aromatic N) is 1. The first kappa shape index (κ1) is 19.1. The van der Waals surface area contributed by atoms with Gasteiger partial charge in [-0.1, -0.05) is 31.2 Å². The van der Waals surface area contributed by atoms with Gasteiger partial charge < -0.3 is 15.5 Å². The van der Waals surface area contributed by atoms with Crippen molar-refractivity contribution in [3.05, 3.63) is 59.7 Å². The molecule has 5 nitrogen and oxygen atoms in total. The Balaban J connectivity index is 1.87. The van der Waals surface area contributed by atoms with E-state index < -0.39 is 10.8 Å². The van der Waals surface area contributed by atoms with E-state index in [0.29, 0.717) is 12.2 Å². The minimum absolute atomic E-state index is 0.263. The van der Waals surface area contributed by atoms with Crippen molar-refractivity contribution in [1.29, 1.82) is 0 Å². The van der Waals surface area contributed by atoms with Crippen LogP contribution in [0.5, 0.6) is 0 Å². The molecule has 2 amide bonds. The van der Waals surface area contributed by atoms with Gasteiger partial charge in [-0.2, -0.15) is 0 Å². The van der Waals surface area contributed by atoms with Crippen molar-refractivity contribution in [3.63, 3.8) is 0 Å². The van der Waals surface area contributed by atoms with Crippen LogP contribution < -0.4 is 10.6 Å². The molecule has 0 spiro atoms. The highest BCUT2D eigenvalue weighted by Crippen LogP contribution is 2.12. The van der Waals surface area contributed by atoms with Crippen molar-refractivity contribution in [2.45, 2.75) is 24.9 Å². The second kappa shape index (κ2) is 9.34. The van der Waals surface area contributed by atoms with Crippen LogP contribution in [0.25, 0.3) is 0 Å². The molecule has 0 radical (unpaired) electrons. The van der Waals surface area contributed by atoms with Crippen LogP contribution in [0.15, 0.2) is 53.4 Å². The van der Waals surface area contributed by atoms with E-state index in [2.05, 4.69) is 41.6 Å². The molecule has 0 unspecified atom stereocenters. The van der Waals surface area contributed by atoms with Crippen LogP contribution in [0.1, 0.15) is 18.1 Å². The third-order valence-corrected chi connectivity index (χ3v) is 4.82. The Bertz CT molecular complexity index is 732. The molecule has 134 valence electrons. The van der Waals surface area contributed by atoms with Gasteiger partial charge in [0.2, 0.25) is 0 Å². The van der Waals surface area contributed by atoms with Gasteiger partial charge in [-0.25, -0.2) is 4.79 Å². The fourth-order valence-electron chi connectivity index (χ4n) is 2.35. The van der Waals surface area contributed by atoms with E-state index in [1.807, 2.05) is 12.1 Å². The number of carbonyl (C=O) groups is 1. The first-order valence-corrected chi connectivity index (χ1v) is 9.78. The third kappa shape index (κ3) is 6.32. The summed E-state index contributed by atoms with van der Waals surface area (Å²) >= 11 is 0. The molecule has 1 atom stereocenters. The molecule has 2 N–H and O–H groups in total. The molecule has 2 rings (SSSR count). The largest absolute Gasteiger partial charge is 0.334 e. The molecule has 2 aromatic carbocycles. The zero-order valence-corrected chi connectivity index (χ0v) is 15.7. The highest BCUT2D eigenvalue weighted by atomic mass is 32.2. The summed E-state index contributed by atoms with van der Waals surface area (Å²) in [4.78, 5) is 15.0. The van der Waals surface area contributed by atoms with Crippen LogP contribution in [-0.4, -0.2) is 35.0 Å². The van der Waals surface area contributed by atoms with Crippen LogP contribution in [-0.2, 0) is 23.9 Å². The van der Waals surface area contributed by atoms with Crippen LogP contribution in [0.4, 0.5) is 10.5 Å². The number of amides is 2. The zero-order chi connectivity index (χ0) is 18.2. The number of hydrogen-bond donors (Lipinski definition) is 2. The van der Waals surface area contributed by atoms with E-state index >= 15 is 0 Å². The first-order valence-electron chi connectivity index (χ1n) is 8.22. The summed E-state index contributed by atoms with van der Waals surface area (Å²) in [6, 6.07) is 14.9. The Morgan fingerprint density at radius 2 is 1.80 bits per heavy atom. The molecule has 0 bridgehead atoms. The van der Waals surface area contributed by atoms with Crippen LogP contribution >= 0.6 is 0 Å². The summed E-state index contributed by atoms with van der Waals surface area (Å²) in [5.41, 5.74) is 2.96. The van der Waals surface area contributed by atoms with E-state index in [1.165, 1.54) is 5.56 Å². The smallest absolute Gasteiger partial charge is 0.319 e. The normalized spacial score (nSPS) is 12.0. The molecule has 25 heavy (non-hydrogen) atoms. The van der Waals surface area contributed by atoms with Crippen molar-refractivity contribution in [1.82, 2.24) is 10.2 Å².